The zero-order valence-corrected chi connectivity index (χ0v) is 7.88. The average molecular weight is 207 g/mol. The lowest BCUT2D eigenvalue weighted by Gasteiger charge is -2.20. The summed E-state index contributed by atoms with van der Waals surface area (Å²) >= 11 is 0. The molecule has 1 aromatic rings. The molecule has 1 atom stereocenters. The monoisotopic (exact) mass is 207 g/mol. The number of hydrogen-bond donors (Lipinski definition) is 0. The number of nitro groups is 1. The van der Waals surface area contributed by atoms with Crippen molar-refractivity contribution < 1.29 is 14.5 Å². The van der Waals surface area contributed by atoms with Crippen LogP contribution in [0.2, 0.25) is 0 Å². The van der Waals surface area contributed by atoms with Crippen LogP contribution >= 0.6 is 0 Å². The normalized spacial score (nSPS) is 19.2. The van der Waals surface area contributed by atoms with Gasteiger partial charge in [-0.2, -0.15) is 0 Å². The Bertz CT molecular complexity index is 416. The van der Waals surface area contributed by atoms with E-state index in [0.29, 0.717) is 12.2 Å². The van der Waals surface area contributed by atoms with E-state index in [9.17, 15) is 14.9 Å². The molecule has 0 amide bonds. The highest BCUT2D eigenvalue weighted by molar-refractivity contribution is 5.78. The molecule has 0 spiro atoms. The maximum atomic E-state index is 11.4. The molecule has 5 heteroatoms. The molecule has 1 aliphatic rings. The van der Waals surface area contributed by atoms with Gasteiger partial charge in [0.25, 0.3) is 0 Å². The second-order valence-electron chi connectivity index (χ2n) is 3.45. The van der Waals surface area contributed by atoms with Crippen LogP contribution in [0.5, 0.6) is 5.75 Å². The fourth-order valence-electron chi connectivity index (χ4n) is 1.63. The Balaban J connectivity index is 2.22. The van der Waals surface area contributed by atoms with Crippen LogP contribution in [0.3, 0.4) is 0 Å². The predicted molar refractivity (Wildman–Crippen MR) is 51.1 cm³/mol. The molecule has 1 aromatic carbocycles. The van der Waals surface area contributed by atoms with E-state index in [1.54, 1.807) is 12.1 Å². The van der Waals surface area contributed by atoms with Crippen molar-refractivity contribution in [1.29, 1.82) is 0 Å². The highest BCUT2D eigenvalue weighted by atomic mass is 16.6. The number of para-hydroxylation sites is 1. The van der Waals surface area contributed by atoms with Crippen LogP contribution in [0.1, 0.15) is 5.56 Å². The fraction of sp³-hybridized carbons (Fsp3) is 0.300. The highest BCUT2D eigenvalue weighted by Gasteiger charge is 2.31. The predicted octanol–water partition coefficient (Wildman–Crippen LogP) is 1.04. The van der Waals surface area contributed by atoms with Crippen LogP contribution in [0.4, 0.5) is 0 Å². The van der Waals surface area contributed by atoms with Crippen molar-refractivity contribution >= 4 is 5.97 Å². The molecular weight excluding hydrogens is 198 g/mol. The van der Waals surface area contributed by atoms with Crippen LogP contribution in [0, 0.1) is 16.0 Å². The van der Waals surface area contributed by atoms with Gasteiger partial charge in [-0.1, -0.05) is 18.2 Å². The van der Waals surface area contributed by atoms with Gasteiger partial charge in [0.1, 0.15) is 11.7 Å². The molecule has 0 radical (unpaired) electrons. The molecule has 1 heterocycles. The summed E-state index contributed by atoms with van der Waals surface area (Å²) in [5.74, 6) is -0.651. The third-order valence-electron chi connectivity index (χ3n) is 2.35. The van der Waals surface area contributed by atoms with Gasteiger partial charge < -0.3 is 4.74 Å². The average Bonchev–Trinajstić information content (AvgIpc) is 2.18. The van der Waals surface area contributed by atoms with E-state index in [-0.39, 0.29) is 6.54 Å². The zero-order chi connectivity index (χ0) is 10.8. The summed E-state index contributed by atoms with van der Waals surface area (Å²) in [6.07, 6.45) is 0.385. The summed E-state index contributed by atoms with van der Waals surface area (Å²) in [5, 5.41) is 10.3. The largest absolute Gasteiger partial charge is 0.426 e. The molecule has 0 N–H and O–H groups in total. The standard InChI is InChI=1S/C10H9NO4/c12-10-8(6-11(13)14)5-7-3-1-2-4-9(7)15-10/h1-4,8H,5-6H2. The topological polar surface area (TPSA) is 69.4 Å². The smallest absolute Gasteiger partial charge is 0.321 e. The Morgan fingerprint density at radius 3 is 2.93 bits per heavy atom. The minimum Gasteiger partial charge on any atom is -0.426 e. The minimum absolute atomic E-state index is 0.368. The van der Waals surface area contributed by atoms with Crippen molar-refractivity contribution in [3.05, 3.63) is 39.9 Å². The lowest BCUT2D eigenvalue weighted by Crippen LogP contribution is -2.32. The maximum Gasteiger partial charge on any atom is 0.321 e. The van der Waals surface area contributed by atoms with Crippen molar-refractivity contribution in [2.75, 3.05) is 6.54 Å². The van der Waals surface area contributed by atoms with Gasteiger partial charge in [0.2, 0.25) is 6.54 Å². The van der Waals surface area contributed by atoms with E-state index in [2.05, 4.69) is 0 Å². The van der Waals surface area contributed by atoms with Gasteiger partial charge in [0.05, 0.1) is 0 Å². The van der Waals surface area contributed by atoms with E-state index < -0.39 is 16.8 Å². The van der Waals surface area contributed by atoms with E-state index in [4.69, 9.17) is 4.74 Å². The Hall–Kier alpha value is -1.91. The third-order valence-corrected chi connectivity index (χ3v) is 2.35. The van der Waals surface area contributed by atoms with Crippen molar-refractivity contribution in [3.63, 3.8) is 0 Å². The Morgan fingerprint density at radius 2 is 2.20 bits per heavy atom. The number of benzene rings is 1. The molecule has 1 aliphatic heterocycles. The molecule has 0 saturated heterocycles. The molecule has 0 saturated carbocycles. The molecule has 0 fully saturated rings. The summed E-state index contributed by atoms with van der Waals surface area (Å²) < 4.78 is 5.00. The number of ether oxygens (including phenoxy) is 1. The van der Waals surface area contributed by atoms with Crippen LogP contribution in [0.25, 0.3) is 0 Å². The first kappa shape index (κ1) is 9.64. The first-order valence-electron chi connectivity index (χ1n) is 4.58. The molecule has 0 aromatic heterocycles. The van der Waals surface area contributed by atoms with Crippen LogP contribution in [-0.4, -0.2) is 17.4 Å². The number of fused-ring (bicyclic) bond motifs is 1. The van der Waals surface area contributed by atoms with Gasteiger partial charge in [0, 0.05) is 4.92 Å². The molecule has 78 valence electrons. The summed E-state index contributed by atoms with van der Waals surface area (Å²) in [5.41, 5.74) is 0.851. The lowest BCUT2D eigenvalue weighted by molar-refractivity contribution is -0.486. The third kappa shape index (κ3) is 1.96. The van der Waals surface area contributed by atoms with Crippen LogP contribution in [0.15, 0.2) is 24.3 Å². The van der Waals surface area contributed by atoms with E-state index >= 15 is 0 Å². The summed E-state index contributed by atoms with van der Waals surface area (Å²) in [7, 11) is 0. The van der Waals surface area contributed by atoms with Gasteiger partial charge in [-0.25, -0.2) is 0 Å². The highest BCUT2D eigenvalue weighted by Crippen LogP contribution is 2.27. The molecule has 15 heavy (non-hydrogen) atoms. The Morgan fingerprint density at radius 1 is 1.47 bits per heavy atom. The summed E-state index contributed by atoms with van der Waals surface area (Å²) in [6, 6.07) is 7.09. The van der Waals surface area contributed by atoms with E-state index in [0.717, 1.165) is 5.56 Å². The van der Waals surface area contributed by atoms with Gasteiger partial charge in [0.15, 0.2) is 0 Å². The van der Waals surface area contributed by atoms with Gasteiger partial charge in [-0.3, -0.25) is 14.9 Å². The number of carbonyl (C=O) groups excluding carboxylic acids is 1. The van der Waals surface area contributed by atoms with Crippen molar-refractivity contribution in [1.82, 2.24) is 0 Å². The quantitative estimate of drug-likeness (QED) is 0.314. The van der Waals surface area contributed by atoms with Gasteiger partial charge in [-0.05, 0) is 18.1 Å². The van der Waals surface area contributed by atoms with Crippen molar-refractivity contribution in [2.24, 2.45) is 5.92 Å². The minimum atomic E-state index is -0.658. The molecule has 0 bridgehead atoms. The Kier molecular flexibility index (Phi) is 2.37. The molecule has 5 nitrogen and oxygen atoms in total. The van der Waals surface area contributed by atoms with Crippen LogP contribution < -0.4 is 4.74 Å². The second kappa shape index (κ2) is 3.68. The number of esters is 1. The SMILES string of the molecule is O=C1Oc2ccccc2CC1C[N+](=O)[O-]. The van der Waals surface area contributed by atoms with Gasteiger partial charge in [-0.15, -0.1) is 0 Å². The first-order chi connectivity index (χ1) is 7.16. The van der Waals surface area contributed by atoms with Crippen molar-refractivity contribution in [3.8, 4) is 5.75 Å². The second-order valence-corrected chi connectivity index (χ2v) is 3.45. The van der Waals surface area contributed by atoms with Crippen LogP contribution in [-0.2, 0) is 11.2 Å². The molecule has 2 rings (SSSR count). The fourth-order valence-corrected chi connectivity index (χ4v) is 1.63. The number of carbonyl (C=O) groups is 1. The Labute approximate surface area is 85.8 Å². The first-order valence-corrected chi connectivity index (χ1v) is 4.58. The van der Waals surface area contributed by atoms with Gasteiger partial charge >= 0.3 is 5.97 Å². The molecular formula is C10H9NO4. The summed E-state index contributed by atoms with van der Waals surface area (Å²) in [4.78, 5) is 21.2. The maximum absolute atomic E-state index is 11.4. The summed E-state index contributed by atoms with van der Waals surface area (Å²) in [6.45, 7) is -0.368. The number of hydrogen-bond acceptors (Lipinski definition) is 4. The molecule has 0 aliphatic carbocycles. The van der Waals surface area contributed by atoms with Crippen molar-refractivity contribution in [2.45, 2.75) is 6.42 Å². The number of nitrogens with zero attached hydrogens (tertiary/aromatic N) is 1. The zero-order valence-electron chi connectivity index (χ0n) is 7.88. The van der Waals surface area contributed by atoms with E-state index in [1.807, 2.05) is 12.1 Å². The lowest BCUT2D eigenvalue weighted by atomic mass is 9.96. The number of rotatable bonds is 2. The molecule has 1 unspecified atom stereocenters. The van der Waals surface area contributed by atoms with E-state index in [1.165, 1.54) is 0 Å².